The maximum Gasteiger partial charge on any atom is 0.411 e. The van der Waals surface area contributed by atoms with Crippen molar-refractivity contribution in [2.45, 2.75) is 12.8 Å². The smallest absolute Gasteiger partial charge is 0.367 e. The first-order valence-electron chi connectivity index (χ1n) is 4.37. The highest BCUT2D eigenvalue weighted by Crippen LogP contribution is 2.23. The fourth-order valence-electron chi connectivity index (χ4n) is 1.06. The Morgan fingerprint density at radius 2 is 2.06 bits per heavy atom. The third-order valence-corrected chi connectivity index (χ3v) is 2.13. The molecule has 0 heterocycles. The summed E-state index contributed by atoms with van der Waals surface area (Å²) in [5, 5.41) is 10.6. The van der Waals surface area contributed by atoms with Gasteiger partial charge in [0.2, 0.25) is 0 Å². The van der Waals surface area contributed by atoms with Crippen molar-refractivity contribution in [1.82, 2.24) is 0 Å². The Morgan fingerprint density at radius 1 is 1.41 bits per heavy atom. The SMILES string of the molecule is O=[N+]([O-])c1ccc(Cl)c(COCC(F)(F)F)c1. The minimum Gasteiger partial charge on any atom is -0.367 e. The molecule has 0 fully saturated rings. The number of hydrogen-bond acceptors (Lipinski definition) is 3. The summed E-state index contributed by atoms with van der Waals surface area (Å²) in [6.07, 6.45) is -4.44. The summed E-state index contributed by atoms with van der Waals surface area (Å²) in [6, 6.07) is 3.49. The van der Waals surface area contributed by atoms with Crippen molar-refractivity contribution in [3.63, 3.8) is 0 Å². The molecule has 94 valence electrons. The summed E-state index contributed by atoms with van der Waals surface area (Å²) < 4.78 is 39.8. The molecule has 4 nitrogen and oxygen atoms in total. The van der Waals surface area contributed by atoms with Gasteiger partial charge in [-0.05, 0) is 6.07 Å². The molecule has 0 aromatic heterocycles. The quantitative estimate of drug-likeness (QED) is 0.622. The van der Waals surface area contributed by atoms with Gasteiger partial charge in [0, 0.05) is 22.7 Å². The van der Waals surface area contributed by atoms with E-state index >= 15 is 0 Å². The number of ether oxygens (including phenoxy) is 1. The number of non-ortho nitro benzene ring substituents is 1. The van der Waals surface area contributed by atoms with Gasteiger partial charge < -0.3 is 4.74 Å². The number of nitrogens with zero attached hydrogens (tertiary/aromatic N) is 1. The minimum absolute atomic E-state index is 0.123. The minimum atomic E-state index is -4.44. The molecule has 1 rings (SSSR count). The Labute approximate surface area is 99.1 Å². The van der Waals surface area contributed by atoms with E-state index in [2.05, 4.69) is 4.74 Å². The fourth-order valence-corrected chi connectivity index (χ4v) is 1.23. The third kappa shape index (κ3) is 4.58. The van der Waals surface area contributed by atoms with Gasteiger partial charge in [-0.1, -0.05) is 11.6 Å². The summed E-state index contributed by atoms with van der Waals surface area (Å²) in [7, 11) is 0. The Balaban J connectivity index is 2.70. The first kappa shape index (κ1) is 13.7. The van der Waals surface area contributed by atoms with Crippen LogP contribution in [0.15, 0.2) is 18.2 Å². The first-order valence-corrected chi connectivity index (χ1v) is 4.75. The maximum atomic E-state index is 11.8. The number of rotatable bonds is 4. The van der Waals surface area contributed by atoms with Gasteiger partial charge in [-0.25, -0.2) is 0 Å². The van der Waals surface area contributed by atoms with Crippen LogP contribution in [-0.2, 0) is 11.3 Å². The summed E-state index contributed by atoms with van der Waals surface area (Å²) in [5.74, 6) is 0. The zero-order valence-electron chi connectivity index (χ0n) is 8.33. The van der Waals surface area contributed by atoms with Crippen molar-refractivity contribution in [1.29, 1.82) is 0 Å². The lowest BCUT2D eigenvalue weighted by Crippen LogP contribution is -2.16. The Kier molecular flexibility index (Phi) is 4.30. The molecule has 8 heteroatoms. The molecule has 0 saturated heterocycles. The van der Waals surface area contributed by atoms with Crippen molar-refractivity contribution in [2.24, 2.45) is 0 Å². The highest BCUT2D eigenvalue weighted by molar-refractivity contribution is 6.31. The van der Waals surface area contributed by atoms with Gasteiger partial charge in [-0.3, -0.25) is 10.1 Å². The zero-order valence-corrected chi connectivity index (χ0v) is 9.09. The second-order valence-corrected chi connectivity index (χ2v) is 3.55. The molecule has 0 spiro atoms. The van der Waals surface area contributed by atoms with Gasteiger partial charge in [-0.15, -0.1) is 0 Å². The van der Waals surface area contributed by atoms with Gasteiger partial charge in [-0.2, -0.15) is 13.2 Å². The molecule has 0 aliphatic rings. The number of nitro benzene ring substituents is 1. The topological polar surface area (TPSA) is 52.4 Å². The zero-order chi connectivity index (χ0) is 13.1. The summed E-state index contributed by atoms with van der Waals surface area (Å²) >= 11 is 5.67. The molecule has 0 unspecified atom stereocenters. The molecule has 0 radical (unpaired) electrons. The molecule has 0 aliphatic carbocycles. The monoisotopic (exact) mass is 269 g/mol. The number of hydrogen-bond donors (Lipinski definition) is 0. The molecule has 1 aromatic rings. The molecule has 17 heavy (non-hydrogen) atoms. The summed E-state index contributed by atoms with van der Waals surface area (Å²) in [5.41, 5.74) is -0.106. The van der Waals surface area contributed by atoms with Crippen LogP contribution in [-0.4, -0.2) is 17.7 Å². The van der Waals surface area contributed by atoms with E-state index in [1.165, 1.54) is 6.07 Å². The van der Waals surface area contributed by atoms with Crippen molar-refractivity contribution in [2.75, 3.05) is 6.61 Å². The van der Waals surface area contributed by atoms with E-state index in [0.29, 0.717) is 0 Å². The standard InChI is InChI=1S/C9H7ClF3NO3/c10-8-2-1-7(14(15)16)3-6(8)4-17-5-9(11,12)13/h1-3H,4-5H2. The maximum absolute atomic E-state index is 11.8. The van der Waals surface area contributed by atoms with E-state index in [1.807, 2.05) is 0 Å². The molecule has 0 bridgehead atoms. The van der Waals surface area contributed by atoms with Gasteiger partial charge in [0.25, 0.3) is 5.69 Å². The highest BCUT2D eigenvalue weighted by atomic mass is 35.5. The molecule has 0 aliphatic heterocycles. The van der Waals surface area contributed by atoms with E-state index in [0.717, 1.165) is 12.1 Å². The van der Waals surface area contributed by atoms with Gasteiger partial charge in [0.1, 0.15) is 6.61 Å². The average molecular weight is 270 g/mol. The first-order chi connectivity index (χ1) is 7.79. The molecule has 0 atom stereocenters. The number of alkyl halides is 3. The lowest BCUT2D eigenvalue weighted by molar-refractivity contribution is -0.384. The van der Waals surface area contributed by atoms with E-state index in [1.54, 1.807) is 0 Å². The van der Waals surface area contributed by atoms with Gasteiger partial charge in [0.15, 0.2) is 0 Å². The Hall–Kier alpha value is -1.34. The highest BCUT2D eigenvalue weighted by Gasteiger charge is 2.27. The fraction of sp³-hybridized carbons (Fsp3) is 0.333. The Morgan fingerprint density at radius 3 is 2.59 bits per heavy atom. The second kappa shape index (κ2) is 5.33. The number of benzene rings is 1. The molecular weight excluding hydrogens is 263 g/mol. The van der Waals surface area contributed by atoms with Crippen molar-refractivity contribution >= 4 is 17.3 Å². The van der Waals surface area contributed by atoms with Crippen LogP contribution in [0, 0.1) is 10.1 Å². The van der Waals surface area contributed by atoms with Crippen LogP contribution in [0.2, 0.25) is 5.02 Å². The van der Waals surface area contributed by atoms with Crippen LogP contribution in [0.3, 0.4) is 0 Å². The largest absolute Gasteiger partial charge is 0.411 e. The van der Waals surface area contributed by atoms with E-state index in [4.69, 9.17) is 11.6 Å². The van der Waals surface area contributed by atoms with Crippen molar-refractivity contribution in [3.8, 4) is 0 Å². The molecular formula is C9H7ClF3NO3. The molecule has 1 aromatic carbocycles. The van der Waals surface area contributed by atoms with Crippen LogP contribution in [0.1, 0.15) is 5.56 Å². The van der Waals surface area contributed by atoms with Crippen LogP contribution in [0.4, 0.5) is 18.9 Å². The second-order valence-electron chi connectivity index (χ2n) is 3.14. The van der Waals surface area contributed by atoms with Crippen LogP contribution in [0.25, 0.3) is 0 Å². The summed E-state index contributed by atoms with van der Waals surface area (Å²) in [6.45, 7) is -1.86. The van der Waals surface area contributed by atoms with E-state index < -0.39 is 24.3 Å². The van der Waals surface area contributed by atoms with Gasteiger partial charge >= 0.3 is 6.18 Å². The Bertz CT molecular complexity index is 422. The lowest BCUT2D eigenvalue weighted by Gasteiger charge is -2.08. The lowest BCUT2D eigenvalue weighted by atomic mass is 10.2. The predicted octanol–water partition coefficient (Wildman–Crippen LogP) is 3.33. The van der Waals surface area contributed by atoms with Gasteiger partial charge in [0.05, 0.1) is 11.5 Å². The average Bonchev–Trinajstić information content (AvgIpc) is 2.18. The van der Waals surface area contributed by atoms with Crippen LogP contribution < -0.4 is 0 Å². The third-order valence-electron chi connectivity index (χ3n) is 1.76. The molecule has 0 saturated carbocycles. The van der Waals surface area contributed by atoms with E-state index in [9.17, 15) is 23.3 Å². The number of nitro groups is 1. The molecule has 0 N–H and O–H groups in total. The van der Waals surface area contributed by atoms with Crippen LogP contribution in [0.5, 0.6) is 0 Å². The van der Waals surface area contributed by atoms with E-state index in [-0.39, 0.29) is 16.3 Å². The number of halogens is 4. The van der Waals surface area contributed by atoms with Crippen LogP contribution >= 0.6 is 11.6 Å². The van der Waals surface area contributed by atoms with Crippen molar-refractivity contribution < 1.29 is 22.8 Å². The summed E-state index contributed by atoms with van der Waals surface area (Å²) in [4.78, 5) is 9.78. The predicted molar refractivity (Wildman–Crippen MR) is 53.8 cm³/mol. The normalized spacial score (nSPS) is 11.5. The molecule has 0 amide bonds. The van der Waals surface area contributed by atoms with Crippen molar-refractivity contribution in [3.05, 3.63) is 38.9 Å².